The maximum atomic E-state index is 14.4. The molecule has 0 saturated carbocycles. The zero-order chi connectivity index (χ0) is 20.9. The minimum atomic E-state index is -2.85. The van der Waals surface area contributed by atoms with Gasteiger partial charge in [-0.25, -0.2) is 4.39 Å². The molecule has 4 nitrogen and oxygen atoms in total. The van der Waals surface area contributed by atoms with Gasteiger partial charge >= 0.3 is 8.25 Å². The summed E-state index contributed by atoms with van der Waals surface area (Å²) < 4.78 is 29.5. The van der Waals surface area contributed by atoms with Gasteiger partial charge in [0, 0.05) is 12.1 Å². The number of hydrogen-bond acceptors (Lipinski definition) is 3. The smallest absolute Gasteiger partial charge is 0.316 e. The lowest BCUT2D eigenvalue weighted by Gasteiger charge is -2.11. The molecule has 0 spiro atoms. The SMILES string of the molecule is Cc1cc(CNCCCO[PH](=O)O)c(F)cc1CCCCCCc1ccccc1. The van der Waals surface area contributed by atoms with Crippen molar-refractivity contribution in [2.45, 2.75) is 58.4 Å². The van der Waals surface area contributed by atoms with E-state index in [2.05, 4.69) is 34.1 Å². The summed E-state index contributed by atoms with van der Waals surface area (Å²) in [4.78, 5) is 8.59. The van der Waals surface area contributed by atoms with E-state index in [-0.39, 0.29) is 12.4 Å². The van der Waals surface area contributed by atoms with Crippen LogP contribution in [-0.4, -0.2) is 18.0 Å². The van der Waals surface area contributed by atoms with Crippen molar-refractivity contribution in [3.05, 3.63) is 70.5 Å². The third-order valence-electron chi connectivity index (χ3n) is 5.05. The highest BCUT2D eigenvalue weighted by molar-refractivity contribution is 7.32. The first-order valence-electron chi connectivity index (χ1n) is 10.4. The summed E-state index contributed by atoms with van der Waals surface area (Å²) in [6.07, 6.45) is 7.30. The van der Waals surface area contributed by atoms with Gasteiger partial charge in [-0.1, -0.05) is 49.2 Å². The van der Waals surface area contributed by atoms with Gasteiger partial charge in [-0.2, -0.15) is 0 Å². The fourth-order valence-corrected chi connectivity index (χ4v) is 3.73. The van der Waals surface area contributed by atoms with Crippen LogP contribution in [-0.2, 0) is 28.5 Å². The van der Waals surface area contributed by atoms with E-state index in [9.17, 15) is 8.96 Å². The molecule has 0 aliphatic rings. The zero-order valence-corrected chi connectivity index (χ0v) is 18.3. The van der Waals surface area contributed by atoms with Crippen molar-refractivity contribution in [3.63, 3.8) is 0 Å². The molecule has 0 radical (unpaired) electrons. The molecule has 0 aliphatic carbocycles. The average molecular weight is 421 g/mol. The van der Waals surface area contributed by atoms with Crippen LogP contribution < -0.4 is 5.32 Å². The van der Waals surface area contributed by atoms with Crippen LogP contribution >= 0.6 is 8.25 Å². The minimum absolute atomic E-state index is 0.168. The van der Waals surface area contributed by atoms with Gasteiger partial charge in [-0.3, -0.25) is 4.57 Å². The Morgan fingerprint density at radius 2 is 1.72 bits per heavy atom. The molecule has 2 aromatic rings. The Balaban J connectivity index is 1.65. The van der Waals surface area contributed by atoms with E-state index in [1.165, 1.54) is 24.8 Å². The van der Waals surface area contributed by atoms with Crippen LogP contribution in [0.2, 0.25) is 0 Å². The molecule has 1 unspecified atom stereocenters. The molecule has 0 aromatic heterocycles. The van der Waals surface area contributed by atoms with Gasteiger partial charge in [0.2, 0.25) is 0 Å². The topological polar surface area (TPSA) is 58.6 Å². The summed E-state index contributed by atoms with van der Waals surface area (Å²) in [5.41, 5.74) is 4.28. The molecule has 2 aromatic carbocycles. The first-order valence-corrected chi connectivity index (χ1v) is 11.7. The van der Waals surface area contributed by atoms with Gasteiger partial charge in [-0.15, -0.1) is 0 Å². The Kier molecular flexibility index (Phi) is 11.2. The number of unbranched alkanes of at least 4 members (excludes halogenated alkanes) is 3. The minimum Gasteiger partial charge on any atom is -0.326 e. The van der Waals surface area contributed by atoms with E-state index in [4.69, 9.17) is 4.89 Å². The van der Waals surface area contributed by atoms with Crippen LogP contribution in [0.15, 0.2) is 42.5 Å². The first kappa shape index (κ1) is 23.8. The van der Waals surface area contributed by atoms with Crippen LogP contribution in [0.4, 0.5) is 4.39 Å². The molecule has 6 heteroatoms. The van der Waals surface area contributed by atoms with Crippen molar-refractivity contribution < 1.29 is 18.4 Å². The Morgan fingerprint density at radius 1 is 1.00 bits per heavy atom. The molecule has 2 N–H and O–H groups in total. The molecule has 2 rings (SSSR count). The van der Waals surface area contributed by atoms with E-state index in [0.717, 1.165) is 30.4 Å². The quantitative estimate of drug-likeness (QED) is 0.319. The lowest BCUT2D eigenvalue weighted by molar-refractivity contribution is 0.276. The van der Waals surface area contributed by atoms with Crippen LogP contribution in [0.5, 0.6) is 0 Å². The summed E-state index contributed by atoms with van der Waals surface area (Å²) in [5.74, 6) is -0.168. The fourth-order valence-electron chi connectivity index (χ4n) is 3.41. The molecule has 29 heavy (non-hydrogen) atoms. The monoisotopic (exact) mass is 421 g/mol. The molecular formula is C23H33FNO3P. The van der Waals surface area contributed by atoms with Crippen molar-refractivity contribution >= 4 is 8.25 Å². The number of halogens is 1. The molecule has 0 amide bonds. The highest BCUT2D eigenvalue weighted by Gasteiger charge is 2.07. The summed E-state index contributed by atoms with van der Waals surface area (Å²) in [7, 11) is -2.85. The number of benzene rings is 2. The van der Waals surface area contributed by atoms with Crippen molar-refractivity contribution in [2.24, 2.45) is 0 Å². The van der Waals surface area contributed by atoms with E-state index in [1.54, 1.807) is 6.07 Å². The van der Waals surface area contributed by atoms with Crippen LogP contribution in [0.3, 0.4) is 0 Å². The predicted molar refractivity (Wildman–Crippen MR) is 117 cm³/mol. The molecule has 0 aliphatic heterocycles. The Labute approximate surface area is 174 Å². The van der Waals surface area contributed by atoms with E-state index < -0.39 is 8.25 Å². The lowest BCUT2D eigenvalue weighted by atomic mass is 9.98. The molecule has 160 valence electrons. The van der Waals surface area contributed by atoms with Crippen LogP contribution in [0.25, 0.3) is 0 Å². The zero-order valence-electron chi connectivity index (χ0n) is 17.3. The molecule has 1 atom stereocenters. The van der Waals surface area contributed by atoms with Crippen molar-refractivity contribution in [3.8, 4) is 0 Å². The summed E-state index contributed by atoms with van der Waals surface area (Å²) in [6.45, 7) is 3.33. The number of nitrogens with one attached hydrogen (secondary N) is 1. The van der Waals surface area contributed by atoms with Gasteiger partial charge in [0.05, 0.1) is 6.61 Å². The molecule has 0 saturated heterocycles. The van der Waals surface area contributed by atoms with Crippen molar-refractivity contribution in [1.29, 1.82) is 0 Å². The van der Waals surface area contributed by atoms with Crippen molar-refractivity contribution in [2.75, 3.05) is 13.2 Å². The predicted octanol–water partition coefficient (Wildman–Crippen LogP) is 5.36. The maximum Gasteiger partial charge on any atom is 0.316 e. The highest BCUT2D eigenvalue weighted by atomic mass is 31.1. The Bertz CT molecular complexity index is 755. The second kappa shape index (κ2) is 13.7. The van der Waals surface area contributed by atoms with E-state index in [1.807, 2.05) is 19.1 Å². The molecule has 0 bridgehead atoms. The standard InChI is InChI=1S/C23H33FNO3P/c1-19-16-22(18-25-14-9-15-28-29(26)27)23(24)17-21(19)13-8-3-2-5-10-20-11-6-4-7-12-20/h4,6-7,11-12,16-17,25,29H,2-3,5,8-10,13-15,18H2,1H3,(H,26,27). The number of hydrogen-bond donors (Lipinski definition) is 2. The Hall–Kier alpha value is -1.52. The number of aryl methyl sites for hydroxylation is 3. The van der Waals surface area contributed by atoms with Crippen LogP contribution in [0.1, 0.15) is 54.4 Å². The molecule has 0 fully saturated rings. The Morgan fingerprint density at radius 3 is 2.45 bits per heavy atom. The largest absolute Gasteiger partial charge is 0.326 e. The normalized spacial score (nSPS) is 12.2. The third-order valence-corrected chi connectivity index (χ3v) is 5.50. The molecule has 0 heterocycles. The van der Waals surface area contributed by atoms with Gasteiger partial charge in [0.1, 0.15) is 5.82 Å². The van der Waals surface area contributed by atoms with Crippen LogP contribution in [0, 0.1) is 12.7 Å². The van der Waals surface area contributed by atoms with E-state index in [0.29, 0.717) is 25.1 Å². The lowest BCUT2D eigenvalue weighted by Crippen LogP contribution is -2.17. The second-order valence-corrected chi connectivity index (χ2v) is 8.24. The van der Waals surface area contributed by atoms with Gasteiger partial charge in [0.15, 0.2) is 0 Å². The summed E-state index contributed by atoms with van der Waals surface area (Å²) in [6, 6.07) is 14.2. The highest BCUT2D eigenvalue weighted by Crippen LogP contribution is 2.19. The van der Waals surface area contributed by atoms with Gasteiger partial charge < -0.3 is 14.7 Å². The van der Waals surface area contributed by atoms with Gasteiger partial charge in [-0.05, 0) is 68.3 Å². The molecular weight excluding hydrogens is 388 g/mol. The average Bonchev–Trinajstić information content (AvgIpc) is 2.70. The fraction of sp³-hybridized carbons (Fsp3) is 0.478. The first-order chi connectivity index (χ1) is 14.1. The summed E-state index contributed by atoms with van der Waals surface area (Å²) in [5, 5.41) is 3.15. The number of rotatable bonds is 14. The van der Waals surface area contributed by atoms with Crippen molar-refractivity contribution in [1.82, 2.24) is 5.32 Å². The van der Waals surface area contributed by atoms with Gasteiger partial charge in [0.25, 0.3) is 0 Å². The maximum absolute atomic E-state index is 14.4. The third kappa shape index (κ3) is 9.68. The van der Waals surface area contributed by atoms with E-state index >= 15 is 0 Å². The second-order valence-electron chi connectivity index (χ2n) is 7.41. The summed E-state index contributed by atoms with van der Waals surface area (Å²) >= 11 is 0.